The van der Waals surface area contributed by atoms with Crippen LogP contribution >= 0.6 is 11.6 Å². The smallest absolute Gasteiger partial charge is 0.254 e. The van der Waals surface area contributed by atoms with Gasteiger partial charge in [0.1, 0.15) is 12.1 Å². The van der Waals surface area contributed by atoms with Crippen LogP contribution in [0.5, 0.6) is 0 Å². The number of rotatable bonds is 5. The van der Waals surface area contributed by atoms with Crippen LogP contribution in [-0.2, 0) is 11.3 Å². The largest absolute Gasteiger partial charge is 0.472 e. The zero-order valence-electron chi connectivity index (χ0n) is 14.1. The van der Waals surface area contributed by atoms with E-state index >= 15 is 0 Å². The molecule has 2 aromatic rings. The van der Waals surface area contributed by atoms with Crippen molar-refractivity contribution in [3.8, 4) is 0 Å². The number of hydrogen-bond acceptors (Lipinski definition) is 4. The third kappa shape index (κ3) is 4.42. The lowest BCUT2D eigenvalue weighted by atomic mass is 10.2. The van der Waals surface area contributed by atoms with Crippen LogP contribution in [0.4, 0.5) is 4.39 Å². The lowest BCUT2D eigenvalue weighted by Crippen LogP contribution is -2.50. The Kier molecular flexibility index (Phi) is 5.90. The number of carbonyl (C=O) groups is 2. The van der Waals surface area contributed by atoms with Crippen LogP contribution in [-0.4, -0.2) is 54.3 Å². The van der Waals surface area contributed by atoms with Crippen LogP contribution in [0.2, 0.25) is 5.02 Å². The number of piperazine rings is 1. The second-order valence-corrected chi connectivity index (χ2v) is 6.46. The van der Waals surface area contributed by atoms with Gasteiger partial charge in [0, 0.05) is 43.3 Å². The van der Waals surface area contributed by atoms with Gasteiger partial charge < -0.3 is 14.6 Å². The third-order valence-electron chi connectivity index (χ3n) is 4.35. The highest BCUT2D eigenvalue weighted by molar-refractivity contribution is 6.31. The van der Waals surface area contributed by atoms with Crippen molar-refractivity contribution in [2.24, 2.45) is 0 Å². The molecule has 1 N–H and O–H groups in total. The molecule has 6 nitrogen and oxygen atoms in total. The first kappa shape index (κ1) is 18.4. The maximum absolute atomic E-state index is 13.9. The highest BCUT2D eigenvalue weighted by Gasteiger charge is 2.22. The van der Waals surface area contributed by atoms with Gasteiger partial charge in [-0.15, -0.1) is 0 Å². The first-order valence-electron chi connectivity index (χ1n) is 8.28. The number of hydrogen-bond donors (Lipinski definition) is 1. The lowest BCUT2D eigenvalue weighted by molar-refractivity contribution is -0.131. The van der Waals surface area contributed by atoms with Gasteiger partial charge in [0.05, 0.1) is 18.4 Å². The summed E-state index contributed by atoms with van der Waals surface area (Å²) in [5, 5.41) is 2.99. The van der Waals surface area contributed by atoms with Crippen LogP contribution in [0.3, 0.4) is 0 Å². The maximum atomic E-state index is 13.9. The molecule has 1 aliphatic rings. The van der Waals surface area contributed by atoms with E-state index < -0.39 is 0 Å². The summed E-state index contributed by atoms with van der Waals surface area (Å²) in [6, 6.07) is 6.17. The van der Waals surface area contributed by atoms with Gasteiger partial charge in [0.25, 0.3) is 5.91 Å². The average Bonchev–Trinajstić information content (AvgIpc) is 3.18. The first-order valence-corrected chi connectivity index (χ1v) is 8.66. The van der Waals surface area contributed by atoms with Gasteiger partial charge >= 0.3 is 0 Å². The van der Waals surface area contributed by atoms with Crippen molar-refractivity contribution < 1.29 is 18.4 Å². The standard InChI is InChI=1S/C18H19ClFN3O3/c19-15-2-1-3-16(20)14(15)11-22-5-7-23(8-6-22)17(24)10-21-18(25)13-4-9-26-12-13/h1-4,9,12H,5-8,10-11H2,(H,21,25). The van der Waals surface area contributed by atoms with E-state index in [1.54, 1.807) is 17.0 Å². The van der Waals surface area contributed by atoms with E-state index in [1.807, 2.05) is 0 Å². The van der Waals surface area contributed by atoms with E-state index in [2.05, 4.69) is 10.2 Å². The van der Waals surface area contributed by atoms with E-state index in [4.69, 9.17) is 16.0 Å². The van der Waals surface area contributed by atoms with Crippen molar-refractivity contribution >= 4 is 23.4 Å². The van der Waals surface area contributed by atoms with E-state index in [1.165, 1.54) is 24.7 Å². The van der Waals surface area contributed by atoms with Gasteiger partial charge in [-0.05, 0) is 18.2 Å². The van der Waals surface area contributed by atoms with E-state index in [9.17, 15) is 14.0 Å². The highest BCUT2D eigenvalue weighted by Crippen LogP contribution is 2.21. The Labute approximate surface area is 155 Å². The third-order valence-corrected chi connectivity index (χ3v) is 4.71. The Hall–Kier alpha value is -2.38. The SMILES string of the molecule is O=C(NCC(=O)N1CCN(Cc2c(F)cccc2Cl)CC1)c1ccoc1. The average molecular weight is 380 g/mol. The quantitative estimate of drug-likeness (QED) is 0.864. The second-order valence-electron chi connectivity index (χ2n) is 6.05. The topological polar surface area (TPSA) is 65.8 Å². The molecule has 0 spiro atoms. The number of nitrogens with zero attached hydrogens (tertiary/aromatic N) is 2. The monoisotopic (exact) mass is 379 g/mol. The Morgan fingerprint density at radius 2 is 1.96 bits per heavy atom. The van der Waals surface area contributed by atoms with Crippen LogP contribution in [0, 0.1) is 5.82 Å². The van der Waals surface area contributed by atoms with Gasteiger partial charge in [-0.25, -0.2) is 4.39 Å². The first-order chi connectivity index (χ1) is 12.5. The fourth-order valence-electron chi connectivity index (χ4n) is 2.83. The summed E-state index contributed by atoms with van der Waals surface area (Å²) in [5.41, 5.74) is 0.853. The van der Waals surface area contributed by atoms with Crippen molar-refractivity contribution in [2.75, 3.05) is 32.7 Å². The Morgan fingerprint density at radius 1 is 1.19 bits per heavy atom. The molecule has 8 heteroatoms. The zero-order valence-corrected chi connectivity index (χ0v) is 14.8. The van der Waals surface area contributed by atoms with Crippen LogP contribution < -0.4 is 5.32 Å². The molecule has 0 unspecified atom stereocenters. The molecule has 2 amide bonds. The molecule has 1 aliphatic heterocycles. The van der Waals surface area contributed by atoms with Crippen molar-refractivity contribution in [1.82, 2.24) is 15.1 Å². The molecule has 1 aromatic heterocycles. The number of carbonyl (C=O) groups excluding carboxylic acids is 2. The normalized spacial score (nSPS) is 15.1. The summed E-state index contributed by atoms with van der Waals surface area (Å²) in [6.45, 7) is 2.62. The van der Waals surface area contributed by atoms with E-state index in [-0.39, 0.29) is 24.2 Å². The van der Waals surface area contributed by atoms with E-state index in [0.29, 0.717) is 48.9 Å². The molecule has 1 aromatic carbocycles. The molecule has 0 atom stereocenters. The predicted octanol–water partition coefficient (Wildman–Crippen LogP) is 2.15. The molecule has 0 saturated carbocycles. The number of nitrogens with one attached hydrogen (secondary N) is 1. The highest BCUT2D eigenvalue weighted by atomic mass is 35.5. The number of halogens is 2. The summed E-state index contributed by atoms with van der Waals surface area (Å²) >= 11 is 6.06. The minimum atomic E-state index is -0.347. The fraction of sp³-hybridized carbons (Fsp3) is 0.333. The lowest BCUT2D eigenvalue weighted by Gasteiger charge is -2.35. The van der Waals surface area contributed by atoms with Gasteiger partial charge in [-0.2, -0.15) is 0 Å². The minimum Gasteiger partial charge on any atom is -0.472 e. The second kappa shape index (κ2) is 8.33. The predicted molar refractivity (Wildman–Crippen MR) is 94.3 cm³/mol. The summed E-state index contributed by atoms with van der Waals surface area (Å²) in [5.74, 6) is -0.816. The number of benzene rings is 1. The molecule has 0 aliphatic carbocycles. The van der Waals surface area contributed by atoms with Gasteiger partial charge in [0.15, 0.2) is 0 Å². The molecule has 26 heavy (non-hydrogen) atoms. The Morgan fingerprint density at radius 3 is 2.62 bits per heavy atom. The summed E-state index contributed by atoms with van der Waals surface area (Å²) in [7, 11) is 0. The fourth-order valence-corrected chi connectivity index (χ4v) is 3.05. The van der Waals surface area contributed by atoms with Crippen LogP contribution in [0.1, 0.15) is 15.9 Å². The van der Waals surface area contributed by atoms with Crippen molar-refractivity contribution in [1.29, 1.82) is 0 Å². The maximum Gasteiger partial charge on any atom is 0.254 e. The molecule has 138 valence electrons. The summed E-state index contributed by atoms with van der Waals surface area (Å²) in [6.07, 6.45) is 2.73. The molecule has 0 radical (unpaired) electrons. The van der Waals surface area contributed by atoms with Crippen molar-refractivity contribution in [3.63, 3.8) is 0 Å². The summed E-state index contributed by atoms with van der Waals surface area (Å²) in [4.78, 5) is 27.8. The van der Waals surface area contributed by atoms with E-state index in [0.717, 1.165) is 0 Å². The van der Waals surface area contributed by atoms with Gasteiger partial charge in [0.2, 0.25) is 5.91 Å². The number of amides is 2. The molecule has 3 rings (SSSR count). The molecule has 1 fully saturated rings. The van der Waals surface area contributed by atoms with Crippen LogP contribution in [0.15, 0.2) is 41.2 Å². The molecule has 1 saturated heterocycles. The van der Waals surface area contributed by atoms with Gasteiger partial charge in [-0.1, -0.05) is 17.7 Å². The molecule has 0 bridgehead atoms. The van der Waals surface area contributed by atoms with Gasteiger partial charge in [-0.3, -0.25) is 14.5 Å². The number of furan rings is 1. The Bertz CT molecular complexity index is 754. The van der Waals surface area contributed by atoms with Crippen molar-refractivity contribution in [3.05, 3.63) is 58.8 Å². The Balaban J connectivity index is 1.46. The summed E-state index contributed by atoms with van der Waals surface area (Å²) < 4.78 is 18.7. The van der Waals surface area contributed by atoms with Crippen molar-refractivity contribution in [2.45, 2.75) is 6.54 Å². The molecule has 2 heterocycles. The minimum absolute atomic E-state index is 0.0663. The molecular weight excluding hydrogens is 361 g/mol. The molecular formula is C18H19ClFN3O3. The zero-order chi connectivity index (χ0) is 18.5. The van der Waals surface area contributed by atoms with Crippen LogP contribution in [0.25, 0.3) is 0 Å².